The number of amides is 1. The quantitative estimate of drug-likeness (QED) is 0.222. The van der Waals surface area contributed by atoms with Crippen molar-refractivity contribution in [2.45, 2.75) is 45.1 Å². The van der Waals surface area contributed by atoms with E-state index in [0.717, 1.165) is 19.3 Å². The molecule has 0 aliphatic rings. The molecular weight excluding hydrogens is 194 g/mol. The van der Waals surface area contributed by atoms with Crippen molar-refractivity contribution >= 4 is 14.7 Å². The normalized spacial score (nSPS) is 13.4. The molecule has 3 nitrogen and oxygen atoms in total. The van der Waals surface area contributed by atoms with E-state index in [4.69, 9.17) is 4.43 Å². The van der Waals surface area contributed by atoms with Gasteiger partial charge < -0.3 is 9.74 Å². The summed E-state index contributed by atoms with van der Waals surface area (Å²) in [4.78, 5) is 10.3. The molecule has 0 spiro atoms. The number of carbonyl (C=O) groups excluding carboxylic acids is 1. The van der Waals surface area contributed by atoms with Gasteiger partial charge in [-0.1, -0.05) is 6.08 Å². The predicted molar refractivity (Wildman–Crippen MR) is 61.5 cm³/mol. The smallest absolute Gasteiger partial charge is 0.209 e. The van der Waals surface area contributed by atoms with Gasteiger partial charge in [0.05, 0.1) is 0 Å². The van der Waals surface area contributed by atoms with Gasteiger partial charge in [0.2, 0.25) is 6.41 Å². The van der Waals surface area contributed by atoms with Crippen LogP contribution in [0.5, 0.6) is 0 Å². The summed E-state index contributed by atoms with van der Waals surface area (Å²) in [5.41, 5.74) is 0. The number of unbranched alkanes of at least 4 members (excludes halogenated alkanes) is 1. The van der Waals surface area contributed by atoms with Gasteiger partial charge in [-0.15, -0.1) is 6.58 Å². The third-order valence-electron chi connectivity index (χ3n) is 1.62. The molecule has 0 aromatic heterocycles. The largest absolute Gasteiger partial charge is 0.398 e. The van der Waals surface area contributed by atoms with Gasteiger partial charge in [0.15, 0.2) is 8.32 Å². The lowest BCUT2D eigenvalue weighted by atomic mass is 10.2. The summed E-state index contributed by atoms with van der Waals surface area (Å²) >= 11 is 0. The number of rotatable bonds is 8. The fourth-order valence-corrected chi connectivity index (χ4v) is 2.17. The zero-order valence-electron chi connectivity index (χ0n) is 9.38. The zero-order valence-corrected chi connectivity index (χ0v) is 10.4. The molecular formula is C10H21NO2Si. The molecule has 1 atom stereocenters. The van der Waals surface area contributed by atoms with Crippen molar-refractivity contribution in [3.05, 3.63) is 12.7 Å². The molecule has 82 valence electrons. The molecule has 0 bridgehead atoms. The van der Waals surface area contributed by atoms with Gasteiger partial charge in [-0.2, -0.15) is 0 Å². The van der Waals surface area contributed by atoms with Crippen LogP contribution in [-0.4, -0.2) is 21.0 Å². The van der Waals surface area contributed by atoms with Gasteiger partial charge in [0.1, 0.15) is 6.23 Å². The second-order valence-corrected chi connectivity index (χ2v) is 8.68. The van der Waals surface area contributed by atoms with Crippen LogP contribution in [0.1, 0.15) is 19.3 Å². The highest BCUT2D eigenvalue weighted by molar-refractivity contribution is 6.69. The van der Waals surface area contributed by atoms with Gasteiger partial charge >= 0.3 is 0 Å². The Labute approximate surface area is 87.7 Å². The van der Waals surface area contributed by atoms with Crippen LogP contribution in [0.2, 0.25) is 19.6 Å². The Morgan fingerprint density at radius 3 is 2.57 bits per heavy atom. The lowest BCUT2D eigenvalue weighted by Gasteiger charge is -2.25. The van der Waals surface area contributed by atoms with Crippen molar-refractivity contribution in [2.75, 3.05) is 0 Å². The molecule has 0 saturated heterocycles. The Morgan fingerprint density at radius 1 is 1.50 bits per heavy atom. The topological polar surface area (TPSA) is 38.3 Å². The highest BCUT2D eigenvalue weighted by atomic mass is 28.4. The molecule has 0 aromatic carbocycles. The molecule has 14 heavy (non-hydrogen) atoms. The number of nitrogens with one attached hydrogen (secondary N) is 1. The molecule has 1 N–H and O–H groups in total. The lowest BCUT2D eigenvalue weighted by molar-refractivity contribution is -0.111. The van der Waals surface area contributed by atoms with Crippen LogP contribution in [0.15, 0.2) is 12.7 Å². The SMILES string of the molecule is C=CCCCC(NC=O)O[Si](C)(C)C. The summed E-state index contributed by atoms with van der Waals surface area (Å²) in [7, 11) is -1.56. The summed E-state index contributed by atoms with van der Waals surface area (Å²) in [6.07, 6.45) is 5.28. The first-order valence-electron chi connectivity index (χ1n) is 4.98. The summed E-state index contributed by atoms with van der Waals surface area (Å²) < 4.78 is 5.79. The van der Waals surface area contributed by atoms with E-state index in [9.17, 15) is 4.79 Å². The van der Waals surface area contributed by atoms with Gasteiger partial charge in [-0.25, -0.2) is 0 Å². The Bertz CT molecular complexity index is 177. The van der Waals surface area contributed by atoms with E-state index < -0.39 is 8.32 Å². The number of allylic oxidation sites excluding steroid dienone is 1. The molecule has 1 unspecified atom stereocenters. The second-order valence-electron chi connectivity index (χ2n) is 4.22. The van der Waals surface area contributed by atoms with E-state index in [2.05, 4.69) is 31.5 Å². The van der Waals surface area contributed by atoms with Crippen LogP contribution in [0.3, 0.4) is 0 Å². The Morgan fingerprint density at radius 2 is 2.14 bits per heavy atom. The molecule has 0 rings (SSSR count). The summed E-state index contributed by atoms with van der Waals surface area (Å²) in [5, 5.41) is 2.70. The van der Waals surface area contributed by atoms with Crippen LogP contribution in [0.4, 0.5) is 0 Å². The summed E-state index contributed by atoms with van der Waals surface area (Å²) in [5.74, 6) is 0. The van der Waals surface area contributed by atoms with Crippen molar-refractivity contribution < 1.29 is 9.22 Å². The van der Waals surface area contributed by atoms with Crippen LogP contribution in [0.25, 0.3) is 0 Å². The van der Waals surface area contributed by atoms with Crippen LogP contribution >= 0.6 is 0 Å². The molecule has 0 radical (unpaired) electrons. The monoisotopic (exact) mass is 215 g/mol. The fraction of sp³-hybridized carbons (Fsp3) is 0.700. The maximum atomic E-state index is 10.3. The summed E-state index contributed by atoms with van der Waals surface area (Å²) in [6.45, 7) is 9.99. The van der Waals surface area contributed by atoms with Gasteiger partial charge in [0, 0.05) is 0 Å². The molecule has 0 aromatic rings. The van der Waals surface area contributed by atoms with Crippen molar-refractivity contribution in [1.82, 2.24) is 5.32 Å². The van der Waals surface area contributed by atoms with Crippen molar-refractivity contribution in [1.29, 1.82) is 0 Å². The molecule has 0 aliphatic heterocycles. The predicted octanol–water partition coefficient (Wildman–Crippen LogP) is 2.27. The maximum Gasteiger partial charge on any atom is 0.209 e. The second kappa shape index (κ2) is 6.78. The maximum absolute atomic E-state index is 10.3. The third-order valence-corrected chi connectivity index (χ3v) is 2.62. The minimum atomic E-state index is -1.56. The molecule has 0 aliphatic carbocycles. The first-order valence-corrected chi connectivity index (χ1v) is 8.39. The molecule has 0 fully saturated rings. The Hall–Kier alpha value is -0.613. The number of hydrogen-bond donors (Lipinski definition) is 1. The highest BCUT2D eigenvalue weighted by Crippen LogP contribution is 2.10. The number of carbonyl (C=O) groups is 1. The first kappa shape index (κ1) is 13.4. The standard InChI is InChI=1S/C10H21NO2Si/c1-5-6-7-8-10(11-9-12)13-14(2,3)4/h5,9-10H,1,6-8H2,2-4H3,(H,11,12). The molecule has 4 heteroatoms. The average molecular weight is 215 g/mol. The minimum Gasteiger partial charge on any atom is -0.398 e. The van der Waals surface area contributed by atoms with Gasteiger partial charge in [-0.3, -0.25) is 4.79 Å². The molecule has 0 saturated carbocycles. The third kappa shape index (κ3) is 8.01. The fourth-order valence-electron chi connectivity index (χ4n) is 1.13. The van der Waals surface area contributed by atoms with Crippen LogP contribution in [0, 0.1) is 0 Å². The van der Waals surface area contributed by atoms with Crippen molar-refractivity contribution in [3.63, 3.8) is 0 Å². The van der Waals surface area contributed by atoms with Crippen molar-refractivity contribution in [3.8, 4) is 0 Å². The van der Waals surface area contributed by atoms with Crippen LogP contribution in [-0.2, 0) is 9.22 Å². The first-order chi connectivity index (χ1) is 6.49. The van der Waals surface area contributed by atoms with Crippen molar-refractivity contribution in [2.24, 2.45) is 0 Å². The Kier molecular flexibility index (Phi) is 6.49. The van der Waals surface area contributed by atoms with E-state index in [1.54, 1.807) is 0 Å². The van der Waals surface area contributed by atoms with E-state index in [0.29, 0.717) is 6.41 Å². The van der Waals surface area contributed by atoms with E-state index in [1.807, 2.05) is 6.08 Å². The van der Waals surface area contributed by atoms with E-state index in [-0.39, 0.29) is 6.23 Å². The Balaban J connectivity index is 3.88. The van der Waals surface area contributed by atoms with Gasteiger partial charge in [0.25, 0.3) is 0 Å². The molecule has 1 amide bonds. The van der Waals surface area contributed by atoms with E-state index >= 15 is 0 Å². The van der Waals surface area contributed by atoms with E-state index in [1.165, 1.54) is 0 Å². The highest BCUT2D eigenvalue weighted by Gasteiger charge is 2.19. The lowest BCUT2D eigenvalue weighted by Crippen LogP contribution is -2.40. The number of hydrogen-bond acceptors (Lipinski definition) is 2. The zero-order chi connectivity index (χ0) is 11.0. The minimum absolute atomic E-state index is 0.126. The summed E-state index contributed by atoms with van der Waals surface area (Å²) in [6, 6.07) is 0. The van der Waals surface area contributed by atoms with Gasteiger partial charge in [-0.05, 0) is 38.9 Å². The molecule has 0 heterocycles. The average Bonchev–Trinajstić information content (AvgIpc) is 2.02. The van der Waals surface area contributed by atoms with Crippen LogP contribution < -0.4 is 5.32 Å².